The molecule has 0 aromatic heterocycles. The van der Waals surface area contributed by atoms with E-state index in [1.807, 2.05) is 0 Å². The van der Waals surface area contributed by atoms with Crippen molar-refractivity contribution in [3.05, 3.63) is 71.0 Å². The zero-order valence-electron chi connectivity index (χ0n) is 14.4. The predicted molar refractivity (Wildman–Crippen MR) is 91.0 cm³/mol. The molecule has 1 fully saturated rings. The van der Waals surface area contributed by atoms with Crippen LogP contribution in [0.15, 0.2) is 42.5 Å². The molecule has 0 saturated carbocycles. The SMILES string of the molecule is CC(NC(=O)C1(c2ccc(F)cc2)CCOCC1)c1ccc(F)cc1F. The van der Waals surface area contributed by atoms with Crippen molar-refractivity contribution in [1.29, 1.82) is 0 Å². The van der Waals surface area contributed by atoms with Crippen molar-refractivity contribution in [3.63, 3.8) is 0 Å². The third kappa shape index (κ3) is 3.60. The molecule has 0 aliphatic carbocycles. The first-order valence-electron chi connectivity index (χ1n) is 8.52. The lowest BCUT2D eigenvalue weighted by Gasteiger charge is -2.37. The summed E-state index contributed by atoms with van der Waals surface area (Å²) in [5.41, 5.74) is 0.0454. The van der Waals surface area contributed by atoms with Gasteiger partial charge in [-0.3, -0.25) is 4.79 Å². The Kier molecular flexibility index (Phi) is 5.32. The molecule has 2 aromatic carbocycles. The molecule has 138 valence electrons. The van der Waals surface area contributed by atoms with Gasteiger partial charge in [-0.05, 0) is 43.5 Å². The van der Waals surface area contributed by atoms with Gasteiger partial charge >= 0.3 is 0 Å². The van der Waals surface area contributed by atoms with Gasteiger partial charge in [0.25, 0.3) is 0 Å². The Morgan fingerprint density at radius 1 is 1.04 bits per heavy atom. The molecule has 0 radical (unpaired) electrons. The largest absolute Gasteiger partial charge is 0.381 e. The number of ether oxygens (including phenoxy) is 1. The number of hydrogen-bond acceptors (Lipinski definition) is 2. The van der Waals surface area contributed by atoms with Crippen LogP contribution in [0.25, 0.3) is 0 Å². The Labute approximate surface area is 150 Å². The minimum absolute atomic E-state index is 0.209. The second-order valence-corrected chi connectivity index (χ2v) is 6.56. The van der Waals surface area contributed by atoms with Crippen LogP contribution in [-0.2, 0) is 14.9 Å². The van der Waals surface area contributed by atoms with Crippen LogP contribution in [0.4, 0.5) is 13.2 Å². The van der Waals surface area contributed by atoms with Gasteiger partial charge in [-0.1, -0.05) is 18.2 Å². The summed E-state index contributed by atoms with van der Waals surface area (Å²) in [6.45, 7) is 2.46. The van der Waals surface area contributed by atoms with Gasteiger partial charge in [0, 0.05) is 24.8 Å². The lowest BCUT2D eigenvalue weighted by atomic mass is 9.73. The van der Waals surface area contributed by atoms with Gasteiger partial charge in [-0.15, -0.1) is 0 Å². The number of halogens is 3. The van der Waals surface area contributed by atoms with Crippen molar-refractivity contribution in [2.24, 2.45) is 0 Å². The smallest absolute Gasteiger partial charge is 0.231 e. The first kappa shape index (κ1) is 18.5. The first-order valence-corrected chi connectivity index (χ1v) is 8.52. The van der Waals surface area contributed by atoms with Crippen molar-refractivity contribution >= 4 is 5.91 Å². The fraction of sp³-hybridized carbons (Fsp3) is 0.350. The molecule has 0 spiro atoms. The number of hydrogen-bond donors (Lipinski definition) is 1. The monoisotopic (exact) mass is 363 g/mol. The Morgan fingerprint density at radius 2 is 1.65 bits per heavy atom. The van der Waals surface area contributed by atoms with Crippen LogP contribution in [0, 0.1) is 17.5 Å². The molecule has 2 aromatic rings. The van der Waals surface area contributed by atoms with Crippen molar-refractivity contribution < 1.29 is 22.7 Å². The standard InChI is InChI=1S/C20H20F3NO2/c1-13(17-7-6-16(22)12-18(17)23)24-19(25)20(8-10-26-11-9-20)14-2-4-15(21)5-3-14/h2-7,12-13H,8-11H2,1H3,(H,24,25). The van der Waals surface area contributed by atoms with Gasteiger partial charge in [-0.2, -0.15) is 0 Å². The molecule has 1 unspecified atom stereocenters. The number of nitrogens with one attached hydrogen (secondary N) is 1. The van der Waals surface area contributed by atoms with Crippen molar-refractivity contribution in [2.75, 3.05) is 13.2 Å². The first-order chi connectivity index (χ1) is 12.4. The van der Waals surface area contributed by atoms with Gasteiger partial charge in [0.15, 0.2) is 0 Å². The van der Waals surface area contributed by atoms with Gasteiger partial charge < -0.3 is 10.1 Å². The maximum absolute atomic E-state index is 14.0. The zero-order valence-corrected chi connectivity index (χ0v) is 14.4. The molecule has 1 heterocycles. The van der Waals surface area contributed by atoms with E-state index in [2.05, 4.69) is 5.32 Å². The topological polar surface area (TPSA) is 38.3 Å². The summed E-state index contributed by atoms with van der Waals surface area (Å²) in [5, 5.41) is 2.83. The van der Waals surface area contributed by atoms with Crippen molar-refractivity contribution in [1.82, 2.24) is 5.32 Å². The molecule has 6 heteroatoms. The number of rotatable bonds is 4. The molecule has 1 atom stereocenters. The molecule has 3 nitrogen and oxygen atoms in total. The number of carbonyl (C=O) groups excluding carboxylic acids is 1. The highest BCUT2D eigenvalue weighted by Crippen LogP contribution is 2.36. The van der Waals surface area contributed by atoms with Crippen LogP contribution in [0.3, 0.4) is 0 Å². The third-order valence-electron chi connectivity index (χ3n) is 4.95. The van der Waals surface area contributed by atoms with Crippen LogP contribution in [0.5, 0.6) is 0 Å². The second kappa shape index (κ2) is 7.50. The van der Waals surface area contributed by atoms with Crippen LogP contribution >= 0.6 is 0 Å². The fourth-order valence-corrected chi connectivity index (χ4v) is 3.40. The van der Waals surface area contributed by atoms with E-state index in [9.17, 15) is 18.0 Å². The molecular formula is C20H20F3NO2. The normalized spacial score (nSPS) is 17.5. The number of carbonyl (C=O) groups is 1. The highest BCUT2D eigenvalue weighted by molar-refractivity contribution is 5.88. The Balaban J connectivity index is 1.87. The Morgan fingerprint density at radius 3 is 2.27 bits per heavy atom. The van der Waals surface area contributed by atoms with Crippen LogP contribution < -0.4 is 5.32 Å². The molecule has 1 N–H and O–H groups in total. The lowest BCUT2D eigenvalue weighted by Crippen LogP contribution is -2.48. The summed E-state index contributed by atoms with van der Waals surface area (Å²) in [7, 11) is 0. The van der Waals surface area contributed by atoms with E-state index in [1.54, 1.807) is 19.1 Å². The highest BCUT2D eigenvalue weighted by Gasteiger charge is 2.42. The average Bonchev–Trinajstić information content (AvgIpc) is 2.62. The van der Waals surface area contributed by atoms with E-state index in [4.69, 9.17) is 4.74 Å². The Hall–Kier alpha value is -2.34. The summed E-state index contributed by atoms with van der Waals surface area (Å²) < 4.78 is 45.8. The van der Waals surface area contributed by atoms with E-state index in [1.165, 1.54) is 18.2 Å². The molecule has 26 heavy (non-hydrogen) atoms. The van der Waals surface area contributed by atoms with Gasteiger partial charge in [-0.25, -0.2) is 13.2 Å². The molecule has 1 amide bonds. The van der Waals surface area contributed by atoms with Gasteiger partial charge in [0.1, 0.15) is 17.5 Å². The summed E-state index contributed by atoms with van der Waals surface area (Å²) in [6, 6.07) is 8.49. The average molecular weight is 363 g/mol. The fourth-order valence-electron chi connectivity index (χ4n) is 3.40. The van der Waals surface area contributed by atoms with Crippen molar-refractivity contribution in [3.8, 4) is 0 Å². The molecule has 1 saturated heterocycles. The third-order valence-corrected chi connectivity index (χ3v) is 4.95. The summed E-state index contributed by atoms with van der Waals surface area (Å²) in [4.78, 5) is 13.1. The quantitative estimate of drug-likeness (QED) is 0.891. The molecular weight excluding hydrogens is 343 g/mol. The number of amides is 1. The maximum Gasteiger partial charge on any atom is 0.231 e. The maximum atomic E-state index is 14.0. The predicted octanol–water partition coefficient (Wildman–Crippen LogP) is 4.03. The number of benzene rings is 2. The second-order valence-electron chi connectivity index (χ2n) is 6.56. The summed E-state index contributed by atoms with van der Waals surface area (Å²) in [5.74, 6) is -2.03. The van der Waals surface area contributed by atoms with E-state index in [0.717, 1.165) is 12.1 Å². The molecule has 1 aliphatic heterocycles. The molecule has 0 bridgehead atoms. The van der Waals surface area contributed by atoms with Crippen LogP contribution in [0.1, 0.15) is 36.9 Å². The summed E-state index contributed by atoms with van der Waals surface area (Å²) in [6.07, 6.45) is 0.895. The van der Waals surface area contributed by atoms with Crippen molar-refractivity contribution in [2.45, 2.75) is 31.2 Å². The highest BCUT2D eigenvalue weighted by atomic mass is 19.1. The van der Waals surface area contributed by atoms with Gasteiger partial charge in [0.2, 0.25) is 5.91 Å². The Bertz CT molecular complexity index is 786. The van der Waals surface area contributed by atoms with Crippen LogP contribution in [-0.4, -0.2) is 19.1 Å². The minimum Gasteiger partial charge on any atom is -0.381 e. The van der Waals surface area contributed by atoms with Crippen LogP contribution in [0.2, 0.25) is 0 Å². The van der Waals surface area contributed by atoms with Gasteiger partial charge in [0.05, 0.1) is 11.5 Å². The van der Waals surface area contributed by atoms with E-state index in [0.29, 0.717) is 31.6 Å². The van der Waals surface area contributed by atoms with E-state index >= 15 is 0 Å². The summed E-state index contributed by atoms with van der Waals surface area (Å²) >= 11 is 0. The molecule has 1 aliphatic rings. The minimum atomic E-state index is -0.864. The lowest BCUT2D eigenvalue weighted by molar-refractivity contribution is -0.131. The molecule has 3 rings (SSSR count). The zero-order chi connectivity index (χ0) is 18.7. The van der Waals surface area contributed by atoms with E-state index in [-0.39, 0.29) is 17.3 Å². The van der Waals surface area contributed by atoms with E-state index < -0.39 is 23.1 Å².